The van der Waals surface area contributed by atoms with E-state index in [0.717, 1.165) is 5.69 Å². The Morgan fingerprint density at radius 1 is 1.03 bits per heavy atom. The topological polar surface area (TPSA) is 131 Å². The van der Waals surface area contributed by atoms with Gasteiger partial charge < -0.3 is 19.5 Å². The van der Waals surface area contributed by atoms with Crippen LogP contribution in [0, 0.1) is 0 Å². The molecule has 2 fully saturated rings. The van der Waals surface area contributed by atoms with Gasteiger partial charge in [0.15, 0.2) is 0 Å². The van der Waals surface area contributed by atoms with Gasteiger partial charge in [-0.25, -0.2) is 9.67 Å². The van der Waals surface area contributed by atoms with E-state index in [9.17, 15) is 4.79 Å². The molecule has 0 saturated carbocycles. The zero-order valence-electron chi connectivity index (χ0n) is 17.8. The number of ether oxygens (including phenoxy) is 3. The third-order valence-electron chi connectivity index (χ3n) is 5.89. The van der Waals surface area contributed by atoms with Gasteiger partial charge in [-0.15, -0.1) is 0 Å². The molecule has 4 aromatic rings. The van der Waals surface area contributed by atoms with E-state index in [1.165, 1.54) is 6.33 Å². The molecule has 4 heterocycles. The van der Waals surface area contributed by atoms with Crippen molar-refractivity contribution in [3.05, 3.63) is 72.8 Å². The molecule has 0 bridgehead atoms. The van der Waals surface area contributed by atoms with Crippen LogP contribution < -0.4 is 10.1 Å². The number of benzene rings is 2. The van der Waals surface area contributed by atoms with Gasteiger partial charge in [-0.3, -0.25) is 4.79 Å². The monoisotopic (exact) mass is 460 g/mol. The number of hydrogen-bond donors (Lipinski definition) is 1. The minimum Gasteiger partial charge on any atom is -0.423 e. The molecule has 2 aromatic heterocycles. The van der Waals surface area contributed by atoms with Crippen LogP contribution in [0.3, 0.4) is 0 Å². The van der Waals surface area contributed by atoms with Gasteiger partial charge in [-0.1, -0.05) is 23.3 Å². The third-order valence-corrected chi connectivity index (χ3v) is 5.89. The normalized spacial score (nSPS) is 23.5. The zero-order chi connectivity index (χ0) is 22.9. The molecule has 1 N–H and O–H groups in total. The maximum atomic E-state index is 12.6. The van der Waals surface area contributed by atoms with E-state index in [0.29, 0.717) is 24.5 Å². The second-order valence-electron chi connectivity index (χ2n) is 7.95. The Morgan fingerprint density at radius 3 is 2.65 bits per heavy atom. The molecule has 2 aromatic carbocycles. The highest BCUT2D eigenvalue weighted by Crippen LogP contribution is 2.36. The van der Waals surface area contributed by atoms with Crippen molar-refractivity contribution in [2.24, 2.45) is 0 Å². The van der Waals surface area contributed by atoms with Crippen molar-refractivity contribution in [2.75, 3.05) is 13.2 Å². The van der Waals surface area contributed by atoms with E-state index in [1.807, 2.05) is 30.3 Å². The van der Waals surface area contributed by atoms with Gasteiger partial charge in [0.1, 0.15) is 36.7 Å². The van der Waals surface area contributed by atoms with E-state index in [1.54, 1.807) is 40.0 Å². The molecule has 2 aliphatic rings. The first-order valence-corrected chi connectivity index (χ1v) is 10.8. The number of hydrogen-bond acceptors (Lipinski definition) is 9. The van der Waals surface area contributed by atoms with Gasteiger partial charge in [0.05, 0.1) is 24.9 Å². The van der Waals surface area contributed by atoms with Crippen LogP contribution in [0.4, 0.5) is 0 Å². The Labute approximate surface area is 193 Å². The minimum absolute atomic E-state index is 0.164. The first kappa shape index (κ1) is 20.4. The summed E-state index contributed by atoms with van der Waals surface area (Å²) in [6, 6.07) is 16.0. The van der Waals surface area contributed by atoms with Gasteiger partial charge in [0, 0.05) is 5.56 Å². The Hall–Kier alpha value is -4.16. The smallest absolute Gasteiger partial charge is 0.341 e. The average Bonchev–Trinajstić information content (AvgIpc) is 3.67. The first-order valence-electron chi connectivity index (χ1n) is 10.8. The maximum absolute atomic E-state index is 12.6. The summed E-state index contributed by atoms with van der Waals surface area (Å²) in [5.74, 6) is 0.401. The number of nitrogens with zero attached hydrogens (tertiary/aromatic N) is 7. The number of carbonyl (C=O) groups is 1. The Kier molecular flexibility index (Phi) is 5.20. The number of amides is 1. The van der Waals surface area contributed by atoms with Crippen molar-refractivity contribution in [3.8, 4) is 17.4 Å². The number of nitrogens with one attached hydrogen (secondary N) is 1. The largest absolute Gasteiger partial charge is 0.423 e. The molecule has 172 valence electrons. The molecular formula is C22H20N8O4. The van der Waals surface area contributed by atoms with Crippen molar-refractivity contribution < 1.29 is 19.0 Å². The predicted molar refractivity (Wildman–Crippen MR) is 115 cm³/mol. The zero-order valence-corrected chi connectivity index (χ0v) is 17.8. The summed E-state index contributed by atoms with van der Waals surface area (Å²) in [5, 5.41) is 19.0. The van der Waals surface area contributed by atoms with Crippen LogP contribution >= 0.6 is 0 Å². The summed E-state index contributed by atoms with van der Waals surface area (Å²) in [6.45, 7) is 0.673. The lowest BCUT2D eigenvalue weighted by Gasteiger charge is -2.18. The highest BCUT2D eigenvalue weighted by atomic mass is 16.6. The molecule has 4 unspecified atom stereocenters. The van der Waals surface area contributed by atoms with Crippen LogP contribution in [0.15, 0.2) is 67.3 Å². The number of aromatic nitrogens is 7. The summed E-state index contributed by atoms with van der Waals surface area (Å²) in [6.07, 6.45) is 2.46. The standard InChI is InChI=1S/C22H20N8O4/c31-21(14-4-2-1-3-5-14)25-17-10-32-20-18(11-33-19(17)20)30-22(26-27-28-30)34-16-8-6-15(7-9-16)29-13-23-12-24-29/h1-9,12-13,17-20H,10-11H2,(H,25,31). The van der Waals surface area contributed by atoms with E-state index >= 15 is 0 Å². The summed E-state index contributed by atoms with van der Waals surface area (Å²) in [7, 11) is 0. The van der Waals surface area contributed by atoms with Crippen LogP contribution in [-0.2, 0) is 9.47 Å². The lowest BCUT2D eigenvalue weighted by atomic mass is 10.1. The molecule has 12 heteroatoms. The molecule has 34 heavy (non-hydrogen) atoms. The van der Waals surface area contributed by atoms with Crippen molar-refractivity contribution >= 4 is 5.91 Å². The summed E-state index contributed by atoms with van der Waals surface area (Å²) >= 11 is 0. The second-order valence-corrected chi connectivity index (χ2v) is 7.95. The van der Waals surface area contributed by atoms with E-state index in [2.05, 4.69) is 30.9 Å². The Balaban J connectivity index is 1.14. The Bertz CT molecular complexity index is 1260. The lowest BCUT2D eigenvalue weighted by Crippen LogP contribution is -2.44. The molecule has 12 nitrogen and oxygen atoms in total. The molecule has 0 radical (unpaired) electrons. The number of rotatable bonds is 6. The van der Waals surface area contributed by atoms with Crippen molar-refractivity contribution in [1.82, 2.24) is 40.3 Å². The predicted octanol–water partition coefficient (Wildman–Crippen LogP) is 1.18. The van der Waals surface area contributed by atoms with E-state index < -0.39 is 0 Å². The fraction of sp³-hybridized carbons (Fsp3) is 0.273. The fourth-order valence-corrected chi connectivity index (χ4v) is 4.23. The van der Waals surface area contributed by atoms with Crippen LogP contribution in [0.25, 0.3) is 5.69 Å². The molecule has 1 amide bonds. The highest BCUT2D eigenvalue weighted by molar-refractivity contribution is 5.94. The summed E-state index contributed by atoms with van der Waals surface area (Å²) in [5.41, 5.74) is 1.44. The van der Waals surface area contributed by atoms with Crippen LogP contribution in [-0.4, -0.2) is 72.3 Å². The Morgan fingerprint density at radius 2 is 1.85 bits per heavy atom. The lowest BCUT2D eigenvalue weighted by molar-refractivity contribution is 0.0606. The first-order chi connectivity index (χ1) is 16.8. The van der Waals surface area contributed by atoms with Gasteiger partial charge in [-0.05, 0) is 46.8 Å². The van der Waals surface area contributed by atoms with Crippen LogP contribution in [0.2, 0.25) is 0 Å². The van der Waals surface area contributed by atoms with Gasteiger partial charge in [0.25, 0.3) is 5.91 Å². The molecule has 2 saturated heterocycles. The van der Waals surface area contributed by atoms with Crippen molar-refractivity contribution in [1.29, 1.82) is 0 Å². The second kappa shape index (κ2) is 8.65. The van der Waals surface area contributed by atoms with E-state index in [4.69, 9.17) is 14.2 Å². The average molecular weight is 460 g/mol. The molecule has 0 aliphatic carbocycles. The van der Waals surface area contributed by atoms with Gasteiger partial charge in [-0.2, -0.15) is 9.78 Å². The fourth-order valence-electron chi connectivity index (χ4n) is 4.23. The van der Waals surface area contributed by atoms with Crippen LogP contribution in [0.1, 0.15) is 16.4 Å². The number of carbonyl (C=O) groups excluding carboxylic acids is 1. The summed E-state index contributed by atoms with van der Waals surface area (Å²) < 4.78 is 21.1. The van der Waals surface area contributed by atoms with Crippen LogP contribution in [0.5, 0.6) is 11.8 Å². The van der Waals surface area contributed by atoms with Crippen molar-refractivity contribution in [3.63, 3.8) is 0 Å². The highest BCUT2D eigenvalue weighted by Gasteiger charge is 2.50. The third kappa shape index (κ3) is 3.78. The molecule has 2 aliphatic heterocycles. The van der Waals surface area contributed by atoms with Crippen molar-refractivity contribution in [2.45, 2.75) is 24.3 Å². The van der Waals surface area contributed by atoms with Gasteiger partial charge in [0.2, 0.25) is 0 Å². The number of tetrazole rings is 1. The molecule has 6 rings (SSSR count). The maximum Gasteiger partial charge on any atom is 0.341 e. The number of fused-ring (bicyclic) bond motifs is 1. The quantitative estimate of drug-likeness (QED) is 0.451. The molecular weight excluding hydrogens is 440 g/mol. The molecule has 0 spiro atoms. The SMILES string of the molecule is O=C(NC1COC2C1OCC2n1nnnc1Oc1ccc(-n2cncn2)cc1)c1ccccc1. The van der Waals surface area contributed by atoms with Gasteiger partial charge >= 0.3 is 6.01 Å². The molecule has 4 atom stereocenters. The summed E-state index contributed by atoms with van der Waals surface area (Å²) in [4.78, 5) is 16.5. The van der Waals surface area contributed by atoms with E-state index in [-0.39, 0.29) is 36.2 Å². The minimum atomic E-state index is -0.318.